The Morgan fingerprint density at radius 3 is 1.93 bits per heavy atom. The summed E-state index contributed by atoms with van der Waals surface area (Å²) >= 11 is 0. The average molecular weight is 360 g/mol. The van der Waals surface area contributed by atoms with E-state index in [1.54, 1.807) is 24.3 Å². The maximum atomic E-state index is 9.03. The fraction of sp³-hybridized carbons (Fsp3) is 0. The Hall–Kier alpha value is -4.42. The SMILES string of the molecule is [C-]#[N+]c1ccc2nc(-c3ccc(-c4nc5ccc(C#N)cc5[nH]4)cc3)[nH]c2c1. The smallest absolute Gasteiger partial charge is 0.189 e. The van der Waals surface area contributed by atoms with E-state index in [1.807, 2.05) is 36.4 Å². The number of aromatic amines is 2. The van der Waals surface area contributed by atoms with Gasteiger partial charge in [-0.1, -0.05) is 30.3 Å². The van der Waals surface area contributed by atoms with Crippen molar-refractivity contribution in [3.05, 3.63) is 77.6 Å². The summed E-state index contributed by atoms with van der Waals surface area (Å²) in [5.74, 6) is 1.51. The summed E-state index contributed by atoms with van der Waals surface area (Å²) < 4.78 is 0. The third kappa shape index (κ3) is 2.57. The lowest BCUT2D eigenvalue weighted by atomic mass is 10.1. The highest BCUT2D eigenvalue weighted by molar-refractivity contribution is 5.84. The minimum atomic E-state index is 0.586. The van der Waals surface area contributed by atoms with Crippen LogP contribution in [0, 0.1) is 17.9 Å². The maximum absolute atomic E-state index is 9.03. The minimum Gasteiger partial charge on any atom is -0.339 e. The largest absolute Gasteiger partial charge is 0.339 e. The fourth-order valence-corrected chi connectivity index (χ4v) is 3.21. The monoisotopic (exact) mass is 360 g/mol. The van der Waals surface area contributed by atoms with Gasteiger partial charge in [0, 0.05) is 11.1 Å². The van der Waals surface area contributed by atoms with E-state index in [9.17, 15) is 0 Å². The van der Waals surface area contributed by atoms with Crippen LogP contribution in [0.3, 0.4) is 0 Å². The van der Waals surface area contributed by atoms with Crippen LogP contribution in [-0.4, -0.2) is 19.9 Å². The summed E-state index contributed by atoms with van der Waals surface area (Å²) in [6.45, 7) is 7.12. The second-order valence-electron chi connectivity index (χ2n) is 6.41. The van der Waals surface area contributed by atoms with Gasteiger partial charge in [-0.25, -0.2) is 14.8 Å². The Bertz CT molecular complexity index is 1310. The van der Waals surface area contributed by atoms with E-state index in [4.69, 9.17) is 11.8 Å². The zero-order valence-corrected chi connectivity index (χ0v) is 14.6. The van der Waals surface area contributed by atoms with Crippen LogP contribution in [-0.2, 0) is 0 Å². The van der Waals surface area contributed by atoms with Crippen molar-refractivity contribution < 1.29 is 0 Å². The molecule has 130 valence electrons. The average Bonchev–Trinajstić information content (AvgIpc) is 3.36. The lowest BCUT2D eigenvalue weighted by Gasteiger charge is -1.99. The molecule has 0 fully saturated rings. The molecule has 2 N–H and O–H groups in total. The third-order valence-corrected chi connectivity index (χ3v) is 4.64. The van der Waals surface area contributed by atoms with Crippen LogP contribution in [0.1, 0.15) is 5.56 Å². The molecule has 0 bridgehead atoms. The van der Waals surface area contributed by atoms with Crippen molar-refractivity contribution in [1.29, 1.82) is 5.26 Å². The first-order chi connectivity index (χ1) is 13.7. The van der Waals surface area contributed by atoms with Crippen LogP contribution >= 0.6 is 0 Å². The molecular formula is C22H12N6. The fourth-order valence-electron chi connectivity index (χ4n) is 3.21. The summed E-state index contributed by atoms with van der Waals surface area (Å²) in [6.07, 6.45) is 0. The number of rotatable bonds is 2. The lowest BCUT2D eigenvalue weighted by Crippen LogP contribution is -1.83. The molecule has 0 aliphatic rings. The number of hydrogen-bond donors (Lipinski definition) is 2. The molecule has 28 heavy (non-hydrogen) atoms. The first-order valence-corrected chi connectivity index (χ1v) is 8.61. The van der Waals surface area contributed by atoms with Crippen molar-refractivity contribution in [3.63, 3.8) is 0 Å². The summed E-state index contributed by atoms with van der Waals surface area (Å²) in [7, 11) is 0. The molecule has 0 atom stereocenters. The Morgan fingerprint density at radius 2 is 1.36 bits per heavy atom. The van der Waals surface area contributed by atoms with Gasteiger partial charge in [-0.3, -0.25) is 0 Å². The van der Waals surface area contributed by atoms with E-state index >= 15 is 0 Å². The van der Waals surface area contributed by atoms with Gasteiger partial charge in [0.2, 0.25) is 0 Å². The molecule has 0 aliphatic heterocycles. The number of fused-ring (bicyclic) bond motifs is 2. The van der Waals surface area contributed by atoms with E-state index < -0.39 is 0 Å². The van der Waals surface area contributed by atoms with Crippen molar-refractivity contribution in [2.24, 2.45) is 0 Å². The van der Waals surface area contributed by atoms with Gasteiger partial charge in [-0.2, -0.15) is 5.26 Å². The number of H-pyrrole nitrogens is 2. The Kier molecular flexibility index (Phi) is 3.43. The van der Waals surface area contributed by atoms with Gasteiger partial charge >= 0.3 is 0 Å². The van der Waals surface area contributed by atoms with E-state index in [0.717, 1.165) is 44.8 Å². The Balaban J connectivity index is 1.50. The van der Waals surface area contributed by atoms with Crippen molar-refractivity contribution in [2.45, 2.75) is 0 Å². The molecule has 0 radical (unpaired) electrons. The number of aromatic nitrogens is 4. The molecule has 6 heteroatoms. The normalized spacial score (nSPS) is 10.8. The van der Waals surface area contributed by atoms with Crippen LogP contribution in [0.2, 0.25) is 0 Å². The van der Waals surface area contributed by atoms with Crippen molar-refractivity contribution in [2.75, 3.05) is 0 Å². The van der Waals surface area contributed by atoms with Crippen molar-refractivity contribution >= 4 is 27.8 Å². The molecule has 5 aromatic rings. The molecule has 5 rings (SSSR count). The first-order valence-electron chi connectivity index (χ1n) is 8.61. The predicted molar refractivity (Wildman–Crippen MR) is 108 cm³/mol. The number of nitriles is 1. The first kappa shape index (κ1) is 15.8. The summed E-state index contributed by atoms with van der Waals surface area (Å²) in [5.41, 5.74) is 6.43. The highest BCUT2D eigenvalue weighted by Gasteiger charge is 2.09. The number of imidazole rings is 2. The quantitative estimate of drug-likeness (QED) is 0.425. The molecule has 2 aromatic heterocycles. The van der Waals surface area contributed by atoms with Gasteiger partial charge in [0.25, 0.3) is 0 Å². The molecule has 0 aliphatic carbocycles. The molecule has 0 amide bonds. The molecule has 0 unspecified atom stereocenters. The van der Waals surface area contributed by atoms with E-state index in [0.29, 0.717) is 11.3 Å². The van der Waals surface area contributed by atoms with Crippen LogP contribution in [0.5, 0.6) is 0 Å². The van der Waals surface area contributed by atoms with E-state index in [1.165, 1.54) is 0 Å². The zero-order chi connectivity index (χ0) is 19.1. The van der Waals surface area contributed by atoms with Crippen molar-refractivity contribution in [1.82, 2.24) is 19.9 Å². The standard InChI is InChI=1S/C22H12N6/c1-24-16-7-9-18-20(11-16)28-22(26-18)15-5-3-14(4-6-15)21-25-17-8-2-13(12-23)10-19(17)27-21/h2-11H,(H,25,27)(H,26,28). The maximum Gasteiger partial charge on any atom is 0.189 e. The molecule has 0 saturated carbocycles. The number of nitrogens with zero attached hydrogens (tertiary/aromatic N) is 4. The predicted octanol–water partition coefficient (Wildman–Crippen LogP) is 5.20. The number of hydrogen-bond acceptors (Lipinski definition) is 3. The van der Waals surface area contributed by atoms with Crippen LogP contribution in [0.15, 0.2) is 60.7 Å². The molecule has 0 spiro atoms. The van der Waals surface area contributed by atoms with Gasteiger partial charge < -0.3 is 9.97 Å². The van der Waals surface area contributed by atoms with Gasteiger partial charge in [0.15, 0.2) is 5.69 Å². The highest BCUT2D eigenvalue weighted by atomic mass is 14.9. The van der Waals surface area contributed by atoms with Gasteiger partial charge in [0.1, 0.15) is 11.6 Å². The van der Waals surface area contributed by atoms with Gasteiger partial charge in [-0.15, -0.1) is 0 Å². The van der Waals surface area contributed by atoms with E-state index in [-0.39, 0.29) is 0 Å². The molecule has 0 saturated heterocycles. The Labute approximate surface area is 159 Å². The van der Waals surface area contributed by atoms with E-state index in [2.05, 4.69) is 30.9 Å². The lowest BCUT2D eigenvalue weighted by molar-refractivity contribution is 1.32. The number of nitrogens with one attached hydrogen (secondary N) is 2. The summed E-state index contributed by atoms with van der Waals surface area (Å²) in [5, 5.41) is 9.03. The third-order valence-electron chi connectivity index (χ3n) is 4.64. The second-order valence-corrected chi connectivity index (χ2v) is 6.41. The molecule has 2 heterocycles. The number of benzene rings is 3. The Morgan fingerprint density at radius 1 is 0.786 bits per heavy atom. The topological polar surface area (TPSA) is 85.5 Å². The zero-order valence-electron chi connectivity index (χ0n) is 14.6. The van der Waals surface area contributed by atoms with Crippen LogP contribution < -0.4 is 0 Å². The summed E-state index contributed by atoms with van der Waals surface area (Å²) in [4.78, 5) is 19.2. The minimum absolute atomic E-state index is 0.586. The molecule has 6 nitrogen and oxygen atoms in total. The molecular weight excluding hydrogens is 348 g/mol. The van der Waals surface area contributed by atoms with Gasteiger partial charge in [-0.05, 0) is 30.3 Å². The van der Waals surface area contributed by atoms with Gasteiger partial charge in [0.05, 0.1) is 40.3 Å². The van der Waals surface area contributed by atoms with Crippen molar-refractivity contribution in [3.8, 4) is 28.8 Å². The summed E-state index contributed by atoms with van der Waals surface area (Å²) in [6, 6.07) is 20.9. The van der Waals surface area contributed by atoms with Crippen LogP contribution in [0.25, 0.3) is 49.7 Å². The highest BCUT2D eigenvalue weighted by Crippen LogP contribution is 2.27. The van der Waals surface area contributed by atoms with Crippen LogP contribution in [0.4, 0.5) is 5.69 Å². The molecule has 3 aromatic carbocycles. The second kappa shape index (κ2) is 6.08.